The van der Waals surface area contributed by atoms with E-state index in [4.69, 9.17) is 0 Å². The minimum Gasteiger partial charge on any atom is -0.103 e. The van der Waals surface area contributed by atoms with Crippen LogP contribution in [-0.2, 0) is 0 Å². The molecule has 0 rings (SSSR count). The van der Waals surface area contributed by atoms with Crippen LogP contribution in [0.1, 0.15) is 41.0 Å². The Kier molecular flexibility index (Phi) is 5.28. The van der Waals surface area contributed by atoms with E-state index in [1.54, 1.807) is 0 Å². The molecular weight excluding hydrogens is 144 g/mol. The van der Waals surface area contributed by atoms with Gasteiger partial charge in [-0.25, -0.2) is 0 Å². The fourth-order valence-corrected chi connectivity index (χ4v) is 1.89. The van der Waals surface area contributed by atoms with Crippen molar-refractivity contribution in [1.29, 1.82) is 0 Å². The predicted octanol–water partition coefficient (Wildman–Crippen LogP) is 4.13. The Bertz CT molecular complexity index is 124. The number of hydrogen-bond acceptors (Lipinski definition) is 0. The van der Waals surface area contributed by atoms with Crippen molar-refractivity contribution in [3.8, 4) is 0 Å². The van der Waals surface area contributed by atoms with Gasteiger partial charge in [-0.1, -0.05) is 47.1 Å². The molecule has 0 heterocycles. The Balaban J connectivity index is 4.22. The molecule has 0 nitrogen and oxygen atoms in total. The van der Waals surface area contributed by atoms with Gasteiger partial charge in [-0.3, -0.25) is 0 Å². The molecule has 0 spiro atoms. The molecule has 0 fully saturated rings. The maximum atomic E-state index is 3.87. The Hall–Kier alpha value is -0.260. The van der Waals surface area contributed by atoms with Gasteiger partial charge in [-0.05, 0) is 23.7 Å². The van der Waals surface area contributed by atoms with Crippen molar-refractivity contribution in [3.63, 3.8) is 0 Å². The Morgan fingerprint density at radius 1 is 1.17 bits per heavy atom. The topological polar surface area (TPSA) is 0 Å². The van der Waals surface area contributed by atoms with Gasteiger partial charge in [0.1, 0.15) is 0 Å². The van der Waals surface area contributed by atoms with E-state index in [-0.39, 0.29) is 0 Å². The molecule has 0 N–H and O–H groups in total. The lowest BCUT2D eigenvalue weighted by atomic mass is 9.76. The van der Waals surface area contributed by atoms with E-state index in [0.29, 0.717) is 5.92 Å². The summed E-state index contributed by atoms with van der Waals surface area (Å²) in [5.74, 6) is 3.07. The molecule has 0 aliphatic carbocycles. The molecule has 0 aromatic rings. The van der Waals surface area contributed by atoms with Crippen LogP contribution in [0.25, 0.3) is 0 Å². The molecule has 3 unspecified atom stereocenters. The summed E-state index contributed by atoms with van der Waals surface area (Å²) >= 11 is 0. The summed E-state index contributed by atoms with van der Waals surface area (Å²) in [5, 5.41) is 0. The molecule has 0 aromatic carbocycles. The average Bonchev–Trinajstić information content (AvgIpc) is 2.05. The molecule has 0 bridgehead atoms. The van der Waals surface area contributed by atoms with Crippen molar-refractivity contribution in [1.82, 2.24) is 0 Å². The summed E-state index contributed by atoms with van der Waals surface area (Å²) in [6.45, 7) is 15.4. The molecule has 3 atom stereocenters. The van der Waals surface area contributed by atoms with Crippen LogP contribution in [0, 0.1) is 23.7 Å². The summed E-state index contributed by atoms with van der Waals surface area (Å²) < 4.78 is 0. The average molecular weight is 168 g/mol. The van der Waals surface area contributed by atoms with Gasteiger partial charge in [0.15, 0.2) is 0 Å². The molecule has 72 valence electrons. The highest BCUT2D eigenvalue weighted by Gasteiger charge is 2.21. The molecule has 0 aromatic heterocycles. The minimum atomic E-state index is 0.660. The maximum absolute atomic E-state index is 3.87. The second-order valence-corrected chi connectivity index (χ2v) is 4.27. The van der Waals surface area contributed by atoms with Gasteiger partial charge in [0, 0.05) is 0 Å². The van der Waals surface area contributed by atoms with E-state index in [2.05, 4.69) is 47.3 Å². The first-order valence-electron chi connectivity index (χ1n) is 5.17. The zero-order chi connectivity index (χ0) is 9.72. The van der Waals surface area contributed by atoms with E-state index in [9.17, 15) is 0 Å². The van der Waals surface area contributed by atoms with Crippen LogP contribution < -0.4 is 0 Å². The van der Waals surface area contributed by atoms with Crippen molar-refractivity contribution in [2.45, 2.75) is 41.0 Å². The van der Waals surface area contributed by atoms with E-state index < -0.39 is 0 Å². The van der Waals surface area contributed by atoms with E-state index in [1.165, 1.54) is 6.42 Å². The molecule has 0 saturated heterocycles. The minimum absolute atomic E-state index is 0.660. The van der Waals surface area contributed by atoms with Gasteiger partial charge in [0.25, 0.3) is 0 Å². The highest BCUT2D eigenvalue weighted by molar-refractivity contribution is 4.84. The van der Waals surface area contributed by atoms with Gasteiger partial charge in [0.2, 0.25) is 0 Å². The molecule has 0 radical (unpaired) electrons. The van der Waals surface area contributed by atoms with E-state index in [0.717, 1.165) is 17.8 Å². The van der Waals surface area contributed by atoms with Crippen LogP contribution in [0.2, 0.25) is 0 Å². The standard InChI is InChI=1S/C12H24/c1-7-10(5)12(8-2)11(6)9(3)4/h7,9-12H,1,8H2,2-6H3. The van der Waals surface area contributed by atoms with Gasteiger partial charge >= 0.3 is 0 Å². The second kappa shape index (κ2) is 5.40. The van der Waals surface area contributed by atoms with Crippen LogP contribution >= 0.6 is 0 Å². The number of allylic oxidation sites excluding steroid dienone is 1. The molecule has 0 saturated carbocycles. The zero-order valence-corrected chi connectivity index (χ0v) is 9.30. The zero-order valence-electron chi connectivity index (χ0n) is 9.30. The van der Waals surface area contributed by atoms with Gasteiger partial charge < -0.3 is 0 Å². The monoisotopic (exact) mass is 168 g/mol. The maximum Gasteiger partial charge on any atom is -0.0234 e. The van der Waals surface area contributed by atoms with E-state index in [1.807, 2.05) is 0 Å². The van der Waals surface area contributed by atoms with Crippen molar-refractivity contribution in [2.24, 2.45) is 23.7 Å². The first-order valence-corrected chi connectivity index (χ1v) is 5.17. The third kappa shape index (κ3) is 3.00. The highest BCUT2D eigenvalue weighted by Crippen LogP contribution is 2.30. The van der Waals surface area contributed by atoms with Crippen molar-refractivity contribution < 1.29 is 0 Å². The van der Waals surface area contributed by atoms with Gasteiger partial charge in [-0.15, -0.1) is 6.58 Å². The Labute approximate surface area is 78.1 Å². The normalized spacial score (nSPS) is 18.8. The largest absolute Gasteiger partial charge is 0.103 e. The van der Waals surface area contributed by atoms with Crippen LogP contribution in [-0.4, -0.2) is 0 Å². The summed E-state index contributed by atoms with van der Waals surface area (Å²) in [7, 11) is 0. The highest BCUT2D eigenvalue weighted by atomic mass is 14.3. The SMILES string of the molecule is C=CC(C)C(CC)C(C)C(C)C. The quantitative estimate of drug-likeness (QED) is 0.541. The summed E-state index contributed by atoms with van der Waals surface area (Å²) in [6, 6.07) is 0. The van der Waals surface area contributed by atoms with Gasteiger partial charge in [-0.2, -0.15) is 0 Å². The summed E-state index contributed by atoms with van der Waals surface area (Å²) in [6.07, 6.45) is 3.36. The molecule has 0 aliphatic heterocycles. The predicted molar refractivity (Wildman–Crippen MR) is 57.1 cm³/mol. The van der Waals surface area contributed by atoms with Crippen LogP contribution in [0.5, 0.6) is 0 Å². The molecule has 0 heteroatoms. The van der Waals surface area contributed by atoms with Crippen molar-refractivity contribution in [3.05, 3.63) is 12.7 Å². The third-order valence-electron chi connectivity index (χ3n) is 3.25. The fraction of sp³-hybridized carbons (Fsp3) is 0.833. The van der Waals surface area contributed by atoms with Crippen LogP contribution in [0.15, 0.2) is 12.7 Å². The first kappa shape index (κ1) is 11.7. The smallest absolute Gasteiger partial charge is 0.0234 e. The van der Waals surface area contributed by atoms with Crippen molar-refractivity contribution >= 4 is 0 Å². The molecule has 0 aliphatic rings. The van der Waals surface area contributed by atoms with Crippen LogP contribution in [0.3, 0.4) is 0 Å². The van der Waals surface area contributed by atoms with E-state index >= 15 is 0 Å². The number of hydrogen-bond donors (Lipinski definition) is 0. The van der Waals surface area contributed by atoms with Gasteiger partial charge in [0.05, 0.1) is 0 Å². The number of rotatable bonds is 5. The third-order valence-corrected chi connectivity index (χ3v) is 3.25. The fourth-order valence-electron chi connectivity index (χ4n) is 1.89. The summed E-state index contributed by atoms with van der Waals surface area (Å²) in [4.78, 5) is 0. The Morgan fingerprint density at radius 3 is 1.92 bits per heavy atom. The molecule has 12 heavy (non-hydrogen) atoms. The lowest BCUT2D eigenvalue weighted by Crippen LogP contribution is -2.21. The first-order chi connectivity index (χ1) is 5.54. The summed E-state index contributed by atoms with van der Waals surface area (Å²) in [5.41, 5.74) is 0. The second-order valence-electron chi connectivity index (χ2n) is 4.27. The van der Waals surface area contributed by atoms with Crippen LogP contribution in [0.4, 0.5) is 0 Å². The Morgan fingerprint density at radius 2 is 1.67 bits per heavy atom. The lowest BCUT2D eigenvalue weighted by molar-refractivity contribution is 0.224. The van der Waals surface area contributed by atoms with Crippen molar-refractivity contribution in [2.75, 3.05) is 0 Å². The molecular formula is C12H24. The molecule has 0 amide bonds. The lowest BCUT2D eigenvalue weighted by Gasteiger charge is -2.29.